The number of carbonyl (C=O) groups excluding carboxylic acids is 2. The number of hydrogen-bond donors (Lipinski definition) is 0. The van der Waals surface area contributed by atoms with Crippen LogP contribution in [0.3, 0.4) is 0 Å². The summed E-state index contributed by atoms with van der Waals surface area (Å²) in [7, 11) is 0. The fourth-order valence-corrected chi connectivity index (χ4v) is 3.99. The highest BCUT2D eigenvalue weighted by atomic mass is 16.5. The summed E-state index contributed by atoms with van der Waals surface area (Å²) in [4.78, 5) is 29.9. The van der Waals surface area contributed by atoms with Gasteiger partial charge in [0.15, 0.2) is 6.10 Å². The molecule has 1 atom stereocenters. The van der Waals surface area contributed by atoms with Gasteiger partial charge < -0.3 is 24.0 Å². The van der Waals surface area contributed by atoms with Crippen LogP contribution in [0.4, 0.5) is 5.69 Å². The van der Waals surface area contributed by atoms with Gasteiger partial charge in [-0.25, -0.2) is 0 Å². The van der Waals surface area contributed by atoms with Gasteiger partial charge in [0, 0.05) is 18.7 Å². The molecule has 1 fully saturated rings. The van der Waals surface area contributed by atoms with E-state index in [1.54, 1.807) is 40.1 Å². The lowest BCUT2D eigenvalue weighted by Crippen LogP contribution is -2.54. The monoisotopic (exact) mass is 444 g/mol. The summed E-state index contributed by atoms with van der Waals surface area (Å²) in [5.74, 6) is 1.56. The van der Waals surface area contributed by atoms with E-state index in [1.165, 1.54) is 0 Å². The first-order chi connectivity index (χ1) is 16.2. The van der Waals surface area contributed by atoms with Crippen molar-refractivity contribution in [2.45, 2.75) is 6.10 Å². The molecule has 3 aromatic rings. The molecule has 0 aromatic heterocycles. The van der Waals surface area contributed by atoms with E-state index in [0.29, 0.717) is 49.1 Å². The number of anilines is 1. The zero-order valence-electron chi connectivity index (χ0n) is 18.1. The zero-order chi connectivity index (χ0) is 22.6. The Balaban J connectivity index is 1.36. The highest BCUT2D eigenvalue weighted by molar-refractivity contribution is 6.08. The molecule has 7 heteroatoms. The quantitative estimate of drug-likeness (QED) is 0.613. The Kier molecular flexibility index (Phi) is 5.95. The second-order valence-corrected chi connectivity index (χ2v) is 7.87. The van der Waals surface area contributed by atoms with Crippen molar-refractivity contribution in [3.63, 3.8) is 0 Å². The van der Waals surface area contributed by atoms with Gasteiger partial charge in [0.05, 0.1) is 25.4 Å². The van der Waals surface area contributed by atoms with E-state index in [9.17, 15) is 9.59 Å². The predicted octanol–water partition coefficient (Wildman–Crippen LogP) is 3.75. The lowest BCUT2D eigenvalue weighted by atomic mass is 10.1. The summed E-state index contributed by atoms with van der Waals surface area (Å²) in [5, 5.41) is 0. The van der Waals surface area contributed by atoms with Crippen molar-refractivity contribution in [3.8, 4) is 17.2 Å². The first-order valence-electron chi connectivity index (χ1n) is 11.0. The fourth-order valence-electron chi connectivity index (χ4n) is 3.99. The summed E-state index contributed by atoms with van der Waals surface area (Å²) in [6, 6.07) is 23.8. The molecule has 0 bridgehead atoms. The summed E-state index contributed by atoms with van der Waals surface area (Å²) >= 11 is 0. The van der Waals surface area contributed by atoms with E-state index in [2.05, 4.69) is 0 Å². The SMILES string of the molecule is O=C([C@@H]1CN(C(=O)c2ccc(Oc3ccccc3)cc2)c2ccccc2O1)N1CCOCC1. The van der Waals surface area contributed by atoms with Crippen LogP contribution in [-0.2, 0) is 9.53 Å². The molecule has 5 rings (SSSR count). The molecular formula is C26H24N2O5. The maximum Gasteiger partial charge on any atom is 0.265 e. The van der Waals surface area contributed by atoms with Crippen molar-refractivity contribution < 1.29 is 23.8 Å². The van der Waals surface area contributed by atoms with Crippen LogP contribution in [0.25, 0.3) is 0 Å². The first-order valence-corrected chi connectivity index (χ1v) is 11.0. The molecule has 0 aliphatic carbocycles. The van der Waals surface area contributed by atoms with Gasteiger partial charge in [0.2, 0.25) is 0 Å². The average molecular weight is 444 g/mol. The van der Waals surface area contributed by atoms with Gasteiger partial charge in [0.25, 0.3) is 11.8 Å². The Morgan fingerprint density at radius 1 is 0.818 bits per heavy atom. The number of fused-ring (bicyclic) bond motifs is 1. The molecule has 1 saturated heterocycles. The molecule has 2 heterocycles. The van der Waals surface area contributed by atoms with Crippen molar-refractivity contribution in [1.82, 2.24) is 4.90 Å². The van der Waals surface area contributed by atoms with Gasteiger partial charge in [0.1, 0.15) is 17.2 Å². The topological polar surface area (TPSA) is 68.3 Å². The molecule has 7 nitrogen and oxygen atoms in total. The Hall–Kier alpha value is -3.84. The van der Waals surface area contributed by atoms with Crippen LogP contribution in [-0.4, -0.2) is 55.7 Å². The number of morpholine rings is 1. The number of hydrogen-bond acceptors (Lipinski definition) is 5. The molecule has 0 radical (unpaired) electrons. The van der Waals surface area contributed by atoms with E-state index >= 15 is 0 Å². The normalized spacial score (nSPS) is 17.6. The minimum absolute atomic E-state index is 0.128. The van der Waals surface area contributed by atoms with Crippen molar-refractivity contribution in [1.29, 1.82) is 0 Å². The Morgan fingerprint density at radius 3 is 2.24 bits per heavy atom. The lowest BCUT2D eigenvalue weighted by Gasteiger charge is -2.37. The number of ether oxygens (including phenoxy) is 3. The fraction of sp³-hybridized carbons (Fsp3) is 0.231. The van der Waals surface area contributed by atoms with Gasteiger partial charge in [-0.2, -0.15) is 0 Å². The van der Waals surface area contributed by atoms with E-state index < -0.39 is 6.10 Å². The Labute approximate surface area is 192 Å². The summed E-state index contributed by atoms with van der Waals surface area (Å²) in [6.07, 6.45) is -0.761. The van der Waals surface area contributed by atoms with Gasteiger partial charge in [-0.3, -0.25) is 9.59 Å². The Morgan fingerprint density at radius 2 is 1.48 bits per heavy atom. The summed E-state index contributed by atoms with van der Waals surface area (Å²) in [6.45, 7) is 2.22. The average Bonchev–Trinajstić information content (AvgIpc) is 2.89. The number of carbonyl (C=O) groups is 2. The summed E-state index contributed by atoms with van der Waals surface area (Å²) in [5.41, 5.74) is 1.16. The van der Waals surface area contributed by atoms with Crippen molar-refractivity contribution in [3.05, 3.63) is 84.4 Å². The van der Waals surface area contributed by atoms with Crippen LogP contribution >= 0.6 is 0 Å². The van der Waals surface area contributed by atoms with Crippen molar-refractivity contribution in [2.24, 2.45) is 0 Å². The molecule has 168 valence electrons. The summed E-state index contributed by atoms with van der Waals surface area (Å²) < 4.78 is 17.2. The molecule has 0 N–H and O–H groups in total. The molecule has 2 aliphatic heterocycles. The van der Waals surface area contributed by atoms with Crippen LogP contribution in [0.15, 0.2) is 78.9 Å². The molecular weight excluding hydrogens is 420 g/mol. The second-order valence-electron chi connectivity index (χ2n) is 7.87. The molecule has 2 aliphatic rings. The first kappa shape index (κ1) is 21.0. The molecule has 2 amide bonds. The van der Waals surface area contributed by atoms with Gasteiger partial charge in [-0.1, -0.05) is 30.3 Å². The highest BCUT2D eigenvalue weighted by Gasteiger charge is 2.36. The number of amides is 2. The molecule has 0 saturated carbocycles. The van der Waals surface area contributed by atoms with Gasteiger partial charge in [-0.15, -0.1) is 0 Å². The third-order valence-corrected chi connectivity index (χ3v) is 5.70. The maximum atomic E-state index is 13.5. The van der Waals surface area contributed by atoms with Crippen LogP contribution in [0.5, 0.6) is 17.2 Å². The molecule has 3 aromatic carbocycles. The third kappa shape index (κ3) is 4.54. The van der Waals surface area contributed by atoms with E-state index in [0.717, 1.165) is 5.75 Å². The molecule has 0 spiro atoms. The molecule has 0 unspecified atom stereocenters. The largest absolute Gasteiger partial charge is 0.476 e. The van der Waals surface area contributed by atoms with Crippen molar-refractivity contribution >= 4 is 17.5 Å². The van der Waals surface area contributed by atoms with Crippen molar-refractivity contribution in [2.75, 3.05) is 37.7 Å². The lowest BCUT2D eigenvalue weighted by molar-refractivity contribution is -0.142. The number of para-hydroxylation sites is 3. The third-order valence-electron chi connectivity index (χ3n) is 5.70. The van der Waals surface area contributed by atoms with Gasteiger partial charge >= 0.3 is 0 Å². The van der Waals surface area contributed by atoms with Crippen LogP contribution in [0.1, 0.15) is 10.4 Å². The van der Waals surface area contributed by atoms with E-state index in [-0.39, 0.29) is 18.4 Å². The number of nitrogens with zero attached hydrogens (tertiary/aromatic N) is 2. The van der Waals surface area contributed by atoms with Crippen LogP contribution < -0.4 is 14.4 Å². The standard InChI is InChI=1S/C26H24N2O5/c29-25(19-10-12-21(13-11-19)32-20-6-2-1-3-7-20)28-18-24(26(30)27-14-16-31-17-15-27)33-23-9-5-4-8-22(23)28/h1-13,24H,14-18H2/t24-/m0/s1. The van der Waals surface area contributed by atoms with Crippen LogP contribution in [0.2, 0.25) is 0 Å². The van der Waals surface area contributed by atoms with E-state index in [4.69, 9.17) is 14.2 Å². The number of benzene rings is 3. The van der Waals surface area contributed by atoms with Gasteiger partial charge in [-0.05, 0) is 48.5 Å². The molecule has 33 heavy (non-hydrogen) atoms. The number of rotatable bonds is 4. The minimum Gasteiger partial charge on any atom is -0.476 e. The highest BCUT2D eigenvalue weighted by Crippen LogP contribution is 2.35. The second kappa shape index (κ2) is 9.34. The van der Waals surface area contributed by atoms with Crippen LogP contribution in [0, 0.1) is 0 Å². The zero-order valence-corrected chi connectivity index (χ0v) is 18.1. The van der Waals surface area contributed by atoms with E-state index in [1.807, 2.05) is 48.5 Å². The predicted molar refractivity (Wildman–Crippen MR) is 123 cm³/mol. The maximum absolute atomic E-state index is 13.5. The smallest absolute Gasteiger partial charge is 0.265 e. The Bertz CT molecular complexity index is 1130. The minimum atomic E-state index is -0.761.